The summed E-state index contributed by atoms with van der Waals surface area (Å²) in [6, 6.07) is 9.65. The average Bonchev–Trinajstić information content (AvgIpc) is 2.44. The Bertz CT molecular complexity index is 664. The molecule has 0 bridgehead atoms. The maximum atomic E-state index is 12.0. The lowest BCUT2D eigenvalue weighted by Gasteiger charge is -2.08. The third kappa shape index (κ3) is 3.34. The van der Waals surface area contributed by atoms with E-state index in [0.717, 1.165) is 5.56 Å². The molecule has 102 valence electrons. The molecule has 0 heterocycles. The van der Waals surface area contributed by atoms with Gasteiger partial charge in [-0.2, -0.15) is 0 Å². The Morgan fingerprint density at radius 2 is 1.60 bits per heavy atom. The van der Waals surface area contributed by atoms with Gasteiger partial charge in [0.15, 0.2) is 5.75 Å². The van der Waals surface area contributed by atoms with E-state index in [1.807, 2.05) is 0 Å². The molecule has 0 amide bonds. The van der Waals surface area contributed by atoms with E-state index >= 15 is 0 Å². The van der Waals surface area contributed by atoms with E-state index in [1.54, 1.807) is 30.3 Å². The molecule has 0 saturated heterocycles. The first kappa shape index (κ1) is 14.9. The maximum Gasteiger partial charge on any atom is 0.343 e. The highest BCUT2D eigenvalue weighted by molar-refractivity contribution is 6.43. The molecule has 0 atom stereocenters. The number of benzene rings is 2. The Labute approximate surface area is 131 Å². The monoisotopic (exact) mass is 326 g/mol. The smallest absolute Gasteiger partial charge is 0.343 e. The van der Waals surface area contributed by atoms with Crippen molar-refractivity contribution in [1.29, 1.82) is 0 Å². The molecule has 0 N–H and O–H groups in total. The summed E-state index contributed by atoms with van der Waals surface area (Å²) < 4.78 is 5.20. The number of esters is 1. The molecule has 0 radical (unpaired) electrons. The van der Waals surface area contributed by atoms with E-state index in [1.165, 1.54) is 12.1 Å². The predicted octanol–water partition coefficient (Wildman–Crippen LogP) is 5.51. The number of halogens is 3. The molecule has 0 unspecified atom stereocenters. The number of carbonyl (C=O) groups is 1. The highest BCUT2D eigenvalue weighted by atomic mass is 35.5. The highest BCUT2D eigenvalue weighted by Crippen LogP contribution is 2.34. The van der Waals surface area contributed by atoms with Crippen LogP contribution in [0.15, 0.2) is 43.0 Å². The van der Waals surface area contributed by atoms with Gasteiger partial charge in [-0.05, 0) is 23.8 Å². The van der Waals surface area contributed by atoms with E-state index in [-0.39, 0.29) is 15.8 Å². The Morgan fingerprint density at radius 3 is 2.20 bits per heavy atom. The van der Waals surface area contributed by atoms with Gasteiger partial charge in [-0.25, -0.2) is 4.79 Å². The summed E-state index contributed by atoms with van der Waals surface area (Å²) in [5.74, 6) is -0.361. The van der Waals surface area contributed by atoms with Crippen LogP contribution in [0.3, 0.4) is 0 Å². The lowest BCUT2D eigenvalue weighted by Crippen LogP contribution is -2.08. The predicted molar refractivity (Wildman–Crippen MR) is 83.0 cm³/mol. The second kappa shape index (κ2) is 6.31. The van der Waals surface area contributed by atoms with Gasteiger partial charge >= 0.3 is 5.97 Å². The van der Waals surface area contributed by atoms with Crippen molar-refractivity contribution in [2.45, 2.75) is 0 Å². The van der Waals surface area contributed by atoms with Crippen LogP contribution in [0.25, 0.3) is 6.08 Å². The fraction of sp³-hybridized carbons (Fsp3) is 0. The van der Waals surface area contributed by atoms with E-state index in [9.17, 15) is 4.79 Å². The quantitative estimate of drug-likeness (QED) is 0.422. The van der Waals surface area contributed by atoms with Crippen LogP contribution in [-0.2, 0) is 0 Å². The summed E-state index contributed by atoms with van der Waals surface area (Å²) in [6.45, 7) is 3.64. The molecule has 0 aliphatic rings. The van der Waals surface area contributed by atoms with Crippen LogP contribution in [0.2, 0.25) is 15.1 Å². The molecule has 0 saturated carbocycles. The SMILES string of the molecule is C=Cc1ccc(C(=O)Oc2cc(Cl)c(Cl)cc2Cl)cc1. The van der Waals surface area contributed by atoms with Crippen molar-refractivity contribution in [3.63, 3.8) is 0 Å². The second-order valence-electron chi connectivity index (χ2n) is 3.91. The van der Waals surface area contributed by atoms with Crippen LogP contribution < -0.4 is 4.74 Å². The molecular weight excluding hydrogens is 319 g/mol. The van der Waals surface area contributed by atoms with E-state index in [4.69, 9.17) is 39.5 Å². The molecule has 0 aromatic heterocycles. The van der Waals surface area contributed by atoms with Crippen molar-refractivity contribution < 1.29 is 9.53 Å². The van der Waals surface area contributed by atoms with Crippen LogP contribution >= 0.6 is 34.8 Å². The van der Waals surface area contributed by atoms with Crippen LogP contribution in [-0.4, -0.2) is 5.97 Å². The molecule has 2 nitrogen and oxygen atoms in total. The number of rotatable bonds is 3. The first-order chi connectivity index (χ1) is 9.51. The zero-order valence-corrected chi connectivity index (χ0v) is 12.5. The Hall–Kier alpha value is -1.48. The van der Waals surface area contributed by atoms with Gasteiger partial charge in [-0.3, -0.25) is 0 Å². The molecule has 2 rings (SSSR count). The molecule has 0 aliphatic carbocycles. The lowest BCUT2D eigenvalue weighted by atomic mass is 10.1. The number of hydrogen-bond acceptors (Lipinski definition) is 2. The van der Waals surface area contributed by atoms with Gasteiger partial charge in [-0.15, -0.1) is 0 Å². The molecule has 0 aliphatic heterocycles. The maximum absolute atomic E-state index is 12.0. The number of hydrogen-bond donors (Lipinski definition) is 0. The summed E-state index contributed by atoms with van der Waals surface area (Å²) in [4.78, 5) is 12.0. The summed E-state index contributed by atoms with van der Waals surface area (Å²) in [7, 11) is 0. The van der Waals surface area contributed by atoms with Crippen molar-refractivity contribution in [1.82, 2.24) is 0 Å². The largest absolute Gasteiger partial charge is 0.421 e. The van der Waals surface area contributed by atoms with Crippen molar-refractivity contribution in [2.75, 3.05) is 0 Å². The minimum atomic E-state index is -0.527. The summed E-state index contributed by atoms with van der Waals surface area (Å²) >= 11 is 17.6. The van der Waals surface area contributed by atoms with Gasteiger partial charge in [0.05, 0.1) is 20.6 Å². The van der Waals surface area contributed by atoms with Crippen LogP contribution in [0.1, 0.15) is 15.9 Å². The number of ether oxygens (including phenoxy) is 1. The van der Waals surface area contributed by atoms with Crippen molar-refractivity contribution in [3.8, 4) is 5.75 Å². The van der Waals surface area contributed by atoms with E-state index < -0.39 is 5.97 Å². The van der Waals surface area contributed by atoms with Crippen molar-refractivity contribution >= 4 is 46.8 Å². The van der Waals surface area contributed by atoms with Gasteiger partial charge in [-0.1, -0.05) is 59.6 Å². The zero-order valence-electron chi connectivity index (χ0n) is 10.2. The van der Waals surface area contributed by atoms with Gasteiger partial charge in [0.1, 0.15) is 0 Å². The van der Waals surface area contributed by atoms with Crippen LogP contribution in [0.4, 0.5) is 0 Å². The summed E-state index contributed by atoms with van der Waals surface area (Å²) in [5, 5.41) is 0.781. The fourth-order valence-corrected chi connectivity index (χ4v) is 2.07. The molecular formula is C15H9Cl3O2. The first-order valence-electron chi connectivity index (χ1n) is 5.60. The summed E-state index contributed by atoms with van der Waals surface area (Å²) in [5.41, 5.74) is 1.31. The molecule has 2 aromatic rings. The molecule has 0 fully saturated rings. The summed E-state index contributed by atoms with van der Waals surface area (Å²) in [6.07, 6.45) is 1.69. The molecule has 5 heteroatoms. The highest BCUT2D eigenvalue weighted by Gasteiger charge is 2.13. The molecule has 20 heavy (non-hydrogen) atoms. The zero-order chi connectivity index (χ0) is 14.7. The Balaban J connectivity index is 2.22. The van der Waals surface area contributed by atoms with Crippen molar-refractivity contribution in [2.24, 2.45) is 0 Å². The Morgan fingerprint density at radius 1 is 1.00 bits per heavy atom. The molecule has 0 spiro atoms. The van der Waals surface area contributed by atoms with E-state index in [0.29, 0.717) is 10.6 Å². The molecule has 2 aromatic carbocycles. The van der Waals surface area contributed by atoms with Gasteiger partial charge < -0.3 is 4.74 Å². The average molecular weight is 328 g/mol. The minimum absolute atomic E-state index is 0.166. The topological polar surface area (TPSA) is 26.3 Å². The third-order valence-electron chi connectivity index (χ3n) is 2.56. The normalized spacial score (nSPS) is 10.2. The minimum Gasteiger partial charge on any atom is -0.421 e. The third-order valence-corrected chi connectivity index (χ3v) is 3.58. The van der Waals surface area contributed by atoms with Crippen molar-refractivity contribution in [3.05, 3.63) is 69.2 Å². The standard InChI is InChI=1S/C15H9Cl3O2/c1-2-9-3-5-10(6-4-9)15(19)20-14-8-12(17)11(16)7-13(14)18/h2-8H,1H2. The Kier molecular flexibility index (Phi) is 4.71. The van der Waals surface area contributed by atoms with Crippen LogP contribution in [0.5, 0.6) is 5.75 Å². The van der Waals surface area contributed by atoms with Crippen LogP contribution in [0, 0.1) is 0 Å². The van der Waals surface area contributed by atoms with Gasteiger partial charge in [0.2, 0.25) is 0 Å². The second-order valence-corrected chi connectivity index (χ2v) is 5.13. The number of carbonyl (C=O) groups excluding carboxylic acids is 1. The van der Waals surface area contributed by atoms with Gasteiger partial charge in [0, 0.05) is 6.07 Å². The van der Waals surface area contributed by atoms with E-state index in [2.05, 4.69) is 6.58 Å². The first-order valence-corrected chi connectivity index (χ1v) is 6.74. The van der Waals surface area contributed by atoms with Gasteiger partial charge in [0.25, 0.3) is 0 Å². The lowest BCUT2D eigenvalue weighted by molar-refractivity contribution is 0.0735. The fourth-order valence-electron chi connectivity index (χ4n) is 1.50.